The van der Waals surface area contributed by atoms with Crippen LogP contribution in [0.2, 0.25) is 0 Å². The van der Waals surface area contributed by atoms with Crippen molar-refractivity contribution in [2.24, 2.45) is 4.99 Å². The number of anilines is 1. The van der Waals surface area contributed by atoms with Crippen LogP contribution in [0.1, 0.15) is 32.3 Å². The maximum Gasteiger partial charge on any atom is 0.195 e. The molecule has 0 unspecified atom stereocenters. The molecule has 0 aliphatic carbocycles. The second-order valence-electron chi connectivity index (χ2n) is 7.57. The van der Waals surface area contributed by atoms with Crippen molar-refractivity contribution in [3.05, 3.63) is 42.2 Å². The van der Waals surface area contributed by atoms with Crippen LogP contribution < -0.4 is 15.4 Å². The number of benzene rings is 1. The molecule has 2 rings (SSSR count). The van der Waals surface area contributed by atoms with Crippen molar-refractivity contribution in [3.63, 3.8) is 0 Å². The summed E-state index contributed by atoms with van der Waals surface area (Å²) in [4.78, 5) is 4.72. The van der Waals surface area contributed by atoms with E-state index in [1.165, 1.54) is 5.56 Å². The Morgan fingerprint density at radius 3 is 2.61 bits per heavy atom. The third kappa shape index (κ3) is 10.8. The Morgan fingerprint density at radius 1 is 1.13 bits per heavy atom. The number of aryl methyl sites for hydroxylation is 2. The lowest BCUT2D eigenvalue weighted by molar-refractivity contribution is 0.0699. The summed E-state index contributed by atoms with van der Waals surface area (Å²) in [6.07, 6.45) is 5.88. The molecule has 1 heterocycles. The summed E-state index contributed by atoms with van der Waals surface area (Å²) in [6.45, 7) is 10.3. The molecule has 8 heteroatoms. The molecule has 0 radical (unpaired) electrons. The standard InChI is InChI=1S/C23H37N5O3/c1-19(2)31-22-9-7-21(8-10-22)27-23(25-12-6-14-30-16-15-29-4)24-11-5-13-28-18-20(3)17-26-28/h7-10,17-19H,5-6,11-16H2,1-4H3,(H2,24,25,27). The molecule has 1 aromatic heterocycles. The molecule has 31 heavy (non-hydrogen) atoms. The summed E-state index contributed by atoms with van der Waals surface area (Å²) in [5, 5.41) is 11.1. The summed E-state index contributed by atoms with van der Waals surface area (Å²) >= 11 is 0. The summed E-state index contributed by atoms with van der Waals surface area (Å²) < 4.78 is 18.2. The zero-order valence-corrected chi connectivity index (χ0v) is 19.3. The van der Waals surface area contributed by atoms with Gasteiger partial charge >= 0.3 is 0 Å². The van der Waals surface area contributed by atoms with Gasteiger partial charge in [-0.2, -0.15) is 5.10 Å². The van der Waals surface area contributed by atoms with Crippen LogP contribution in [0.25, 0.3) is 0 Å². The van der Waals surface area contributed by atoms with Crippen LogP contribution in [-0.2, 0) is 16.0 Å². The first-order valence-electron chi connectivity index (χ1n) is 10.9. The molecule has 0 fully saturated rings. The number of rotatable bonds is 14. The van der Waals surface area contributed by atoms with Crippen LogP contribution in [0.15, 0.2) is 41.7 Å². The molecule has 172 valence electrons. The molecule has 0 amide bonds. The lowest BCUT2D eigenvalue weighted by atomic mass is 10.3. The molecule has 0 spiro atoms. The normalized spacial score (nSPS) is 11.7. The topological polar surface area (TPSA) is 81.9 Å². The van der Waals surface area contributed by atoms with Crippen molar-refractivity contribution in [1.29, 1.82) is 0 Å². The molecule has 0 saturated carbocycles. The average Bonchev–Trinajstić information content (AvgIpc) is 3.16. The summed E-state index contributed by atoms with van der Waals surface area (Å²) in [5.74, 6) is 1.61. The average molecular weight is 432 g/mol. The Hall–Kier alpha value is -2.58. The van der Waals surface area contributed by atoms with Gasteiger partial charge in [-0.15, -0.1) is 0 Å². The maximum atomic E-state index is 5.71. The van der Waals surface area contributed by atoms with E-state index in [1.54, 1.807) is 7.11 Å². The largest absolute Gasteiger partial charge is 0.491 e. The Morgan fingerprint density at radius 2 is 1.94 bits per heavy atom. The van der Waals surface area contributed by atoms with Crippen molar-refractivity contribution in [3.8, 4) is 5.75 Å². The number of hydrogen-bond acceptors (Lipinski definition) is 5. The van der Waals surface area contributed by atoms with E-state index in [2.05, 4.69) is 15.7 Å². The number of ether oxygens (including phenoxy) is 3. The summed E-state index contributed by atoms with van der Waals surface area (Å²) in [5.41, 5.74) is 2.13. The monoisotopic (exact) mass is 431 g/mol. The van der Waals surface area contributed by atoms with Crippen LogP contribution >= 0.6 is 0 Å². The van der Waals surface area contributed by atoms with Crippen LogP contribution in [0, 0.1) is 6.92 Å². The molecule has 2 aromatic rings. The van der Waals surface area contributed by atoms with Gasteiger partial charge in [-0.05, 0) is 63.4 Å². The van der Waals surface area contributed by atoms with Crippen LogP contribution in [0.4, 0.5) is 5.69 Å². The van der Waals surface area contributed by atoms with Crippen LogP contribution in [0.5, 0.6) is 5.75 Å². The highest BCUT2D eigenvalue weighted by Gasteiger charge is 2.03. The summed E-state index contributed by atoms with van der Waals surface area (Å²) in [7, 11) is 1.67. The molecule has 0 bridgehead atoms. The highest BCUT2D eigenvalue weighted by atomic mass is 16.5. The van der Waals surface area contributed by atoms with E-state index in [1.807, 2.05) is 62.1 Å². The fraction of sp³-hybridized carbons (Fsp3) is 0.565. The molecule has 0 atom stereocenters. The Bertz CT molecular complexity index is 759. The molecule has 8 nitrogen and oxygen atoms in total. The minimum Gasteiger partial charge on any atom is -0.491 e. The van der Waals surface area contributed by atoms with Crippen molar-refractivity contribution < 1.29 is 14.2 Å². The van der Waals surface area contributed by atoms with Crippen LogP contribution in [-0.4, -0.2) is 61.9 Å². The van der Waals surface area contributed by atoms with E-state index in [-0.39, 0.29) is 6.10 Å². The van der Waals surface area contributed by atoms with Crippen molar-refractivity contribution in [2.45, 2.75) is 46.3 Å². The number of guanidine groups is 1. The van der Waals surface area contributed by atoms with Crippen LogP contribution in [0.3, 0.4) is 0 Å². The third-order valence-electron chi connectivity index (χ3n) is 4.26. The van der Waals surface area contributed by atoms with Gasteiger partial charge in [0.2, 0.25) is 0 Å². The lowest BCUT2D eigenvalue weighted by Crippen LogP contribution is -2.32. The van der Waals surface area contributed by atoms with Gasteiger partial charge < -0.3 is 24.8 Å². The van der Waals surface area contributed by atoms with E-state index in [4.69, 9.17) is 19.2 Å². The van der Waals surface area contributed by atoms with Crippen molar-refractivity contribution in [1.82, 2.24) is 15.1 Å². The SMILES string of the molecule is COCCOCCCNC(=NCCCn1cc(C)cn1)Nc1ccc(OC(C)C)cc1. The summed E-state index contributed by atoms with van der Waals surface area (Å²) in [6, 6.07) is 7.91. The highest BCUT2D eigenvalue weighted by Crippen LogP contribution is 2.16. The Labute approximate surface area is 186 Å². The third-order valence-corrected chi connectivity index (χ3v) is 4.26. The van der Waals surface area contributed by atoms with E-state index >= 15 is 0 Å². The zero-order chi connectivity index (χ0) is 22.3. The fourth-order valence-electron chi connectivity index (χ4n) is 2.80. The first-order chi connectivity index (χ1) is 15.1. The van der Waals surface area contributed by atoms with Gasteiger partial charge in [-0.25, -0.2) is 0 Å². The van der Waals surface area contributed by atoms with Gasteiger partial charge in [0.25, 0.3) is 0 Å². The molecular weight excluding hydrogens is 394 g/mol. The molecule has 1 aromatic carbocycles. The number of methoxy groups -OCH3 is 1. The maximum absolute atomic E-state index is 5.71. The number of nitrogens with one attached hydrogen (secondary N) is 2. The first kappa shape index (κ1) is 24.7. The lowest BCUT2D eigenvalue weighted by Gasteiger charge is -2.14. The second-order valence-corrected chi connectivity index (χ2v) is 7.57. The molecule has 0 aliphatic rings. The fourth-order valence-corrected chi connectivity index (χ4v) is 2.80. The van der Waals surface area contributed by atoms with Gasteiger partial charge in [0, 0.05) is 45.2 Å². The van der Waals surface area contributed by atoms with Crippen molar-refractivity contribution in [2.75, 3.05) is 45.3 Å². The number of aliphatic imine (C=N–C) groups is 1. The predicted octanol–water partition coefficient (Wildman–Crippen LogP) is 3.48. The second kappa shape index (κ2) is 14.4. The van der Waals surface area contributed by atoms with E-state index in [0.717, 1.165) is 43.3 Å². The van der Waals surface area contributed by atoms with Gasteiger partial charge in [0.05, 0.1) is 25.5 Å². The quantitative estimate of drug-likeness (QED) is 0.271. The minimum atomic E-state index is 0.155. The van der Waals surface area contributed by atoms with Gasteiger partial charge in [0.1, 0.15) is 5.75 Å². The first-order valence-corrected chi connectivity index (χ1v) is 10.9. The molecular formula is C23H37N5O3. The van der Waals surface area contributed by atoms with E-state index in [9.17, 15) is 0 Å². The van der Waals surface area contributed by atoms with Gasteiger partial charge in [-0.3, -0.25) is 9.67 Å². The molecule has 0 aliphatic heterocycles. The van der Waals surface area contributed by atoms with Crippen molar-refractivity contribution >= 4 is 11.6 Å². The predicted molar refractivity (Wildman–Crippen MR) is 125 cm³/mol. The van der Waals surface area contributed by atoms with E-state index in [0.29, 0.717) is 26.4 Å². The highest BCUT2D eigenvalue weighted by molar-refractivity contribution is 5.93. The molecule has 2 N–H and O–H groups in total. The minimum absolute atomic E-state index is 0.155. The number of aromatic nitrogens is 2. The van der Waals surface area contributed by atoms with Gasteiger partial charge in [-0.1, -0.05) is 0 Å². The Kier molecular flexibility index (Phi) is 11.5. The number of nitrogens with zero attached hydrogens (tertiary/aromatic N) is 3. The number of hydrogen-bond donors (Lipinski definition) is 2. The van der Waals surface area contributed by atoms with E-state index < -0.39 is 0 Å². The van der Waals surface area contributed by atoms with Gasteiger partial charge in [0.15, 0.2) is 5.96 Å². The molecule has 0 saturated heterocycles. The Balaban J connectivity index is 1.84. The zero-order valence-electron chi connectivity index (χ0n) is 19.3. The smallest absolute Gasteiger partial charge is 0.195 e.